The first-order valence-electron chi connectivity index (χ1n) is 1.59. The Morgan fingerprint density at radius 2 is 2.43 bits per heavy atom. The van der Waals surface area contributed by atoms with E-state index in [2.05, 4.69) is 32.6 Å². The van der Waals surface area contributed by atoms with Gasteiger partial charge in [-0.05, 0) is 6.08 Å². The Morgan fingerprint density at radius 1 is 1.86 bits per heavy atom. The Hall–Kier alpha value is -0.350. The summed E-state index contributed by atoms with van der Waals surface area (Å²) in [5.41, 5.74) is 2.20. The van der Waals surface area contributed by atoms with Gasteiger partial charge in [0, 0.05) is 16.1 Å². The van der Waals surface area contributed by atoms with E-state index in [1.807, 2.05) is 0 Å². The summed E-state index contributed by atoms with van der Waals surface area (Å²) in [5, 5.41) is 0. The molecule has 2 N–H and O–H groups in total. The third kappa shape index (κ3) is 3.48. The lowest BCUT2D eigenvalue weighted by atomic mass is 10.6. The predicted molar refractivity (Wildman–Crippen MR) is 30.4 cm³/mol. The third-order valence-electron chi connectivity index (χ3n) is 0.356. The van der Waals surface area contributed by atoms with Gasteiger partial charge in [0.25, 0.3) is 5.91 Å². The number of hydrogen-bond acceptors (Lipinski definition) is 2. The molecule has 0 bridgehead atoms. The van der Waals surface area contributed by atoms with E-state index in [1.54, 1.807) is 0 Å². The van der Waals surface area contributed by atoms with Crippen LogP contribution in [0.1, 0.15) is 0 Å². The minimum absolute atomic E-state index is 0.267. The van der Waals surface area contributed by atoms with Crippen LogP contribution in [-0.4, -0.2) is 5.91 Å². The molecular weight excluding hydrogens is 160 g/mol. The molecule has 0 rings (SSSR count). The van der Waals surface area contributed by atoms with E-state index in [0.29, 0.717) is 0 Å². The number of hydrazine groups is 1. The van der Waals surface area contributed by atoms with Gasteiger partial charge in [-0.1, -0.05) is 6.58 Å². The molecule has 0 saturated heterocycles. The minimum atomic E-state index is -0.267. The summed E-state index contributed by atoms with van der Waals surface area (Å²) in [6.07, 6.45) is 1.16. The molecule has 0 aromatic heterocycles. The molecule has 3 nitrogen and oxygen atoms in total. The lowest BCUT2D eigenvalue weighted by Gasteiger charge is -1.90. The molecule has 0 heterocycles. The maximum atomic E-state index is 10.1. The normalized spacial score (nSPS) is 7.57. The zero-order chi connectivity index (χ0) is 5.70. The molecule has 0 aliphatic rings. The zero-order valence-corrected chi connectivity index (χ0v) is 5.16. The van der Waals surface area contributed by atoms with E-state index in [9.17, 15) is 4.79 Å². The van der Waals surface area contributed by atoms with Crippen LogP contribution in [0.4, 0.5) is 0 Å². The first kappa shape index (κ1) is 6.65. The maximum absolute atomic E-state index is 10.1. The van der Waals surface area contributed by atoms with E-state index < -0.39 is 0 Å². The van der Waals surface area contributed by atoms with Gasteiger partial charge in [0.05, 0.1) is 0 Å². The highest BCUT2D eigenvalue weighted by atomic mass is 79.9. The molecule has 0 aromatic rings. The van der Waals surface area contributed by atoms with Crippen LogP contribution in [0.5, 0.6) is 0 Å². The molecule has 0 aromatic carbocycles. The number of nitrogens with one attached hydrogen (secondary N) is 2. The van der Waals surface area contributed by atoms with Crippen molar-refractivity contribution >= 4 is 22.1 Å². The molecule has 4 heteroatoms. The Labute approximate surface area is 50.1 Å². The molecule has 0 spiro atoms. The Morgan fingerprint density at radius 3 is 2.57 bits per heavy atom. The SMILES string of the molecule is C=CC(=O)NNBr. The number of rotatable bonds is 2. The second-order valence-corrected chi connectivity index (χ2v) is 1.18. The molecule has 0 aliphatic carbocycles. The number of carbonyl (C=O) groups excluding carboxylic acids is 1. The smallest absolute Gasteiger partial charge is 0.258 e. The summed E-state index contributed by atoms with van der Waals surface area (Å²) in [7, 11) is 0. The second-order valence-electron chi connectivity index (χ2n) is 0.788. The summed E-state index contributed by atoms with van der Waals surface area (Å²) >= 11 is 2.76. The summed E-state index contributed by atoms with van der Waals surface area (Å²) in [6.45, 7) is 3.21. The van der Waals surface area contributed by atoms with Crippen molar-refractivity contribution in [2.24, 2.45) is 0 Å². The van der Waals surface area contributed by atoms with Crippen LogP contribution in [0.2, 0.25) is 0 Å². The quantitative estimate of drug-likeness (QED) is 0.346. The largest absolute Gasteiger partial charge is 0.278 e. The molecule has 0 radical (unpaired) electrons. The van der Waals surface area contributed by atoms with Crippen molar-refractivity contribution in [1.29, 1.82) is 0 Å². The molecule has 0 aliphatic heterocycles. The molecule has 7 heavy (non-hydrogen) atoms. The lowest BCUT2D eigenvalue weighted by Crippen LogP contribution is -2.27. The van der Waals surface area contributed by atoms with E-state index in [1.165, 1.54) is 0 Å². The molecule has 1 amide bonds. The van der Waals surface area contributed by atoms with Crippen LogP contribution in [0.25, 0.3) is 0 Å². The van der Waals surface area contributed by atoms with Crippen LogP contribution >= 0.6 is 16.1 Å². The lowest BCUT2D eigenvalue weighted by molar-refractivity contribution is -0.116. The minimum Gasteiger partial charge on any atom is -0.278 e. The monoisotopic (exact) mass is 164 g/mol. The molecule has 0 fully saturated rings. The highest BCUT2D eigenvalue weighted by Crippen LogP contribution is 1.63. The van der Waals surface area contributed by atoms with Crippen molar-refractivity contribution in [3.63, 3.8) is 0 Å². The van der Waals surface area contributed by atoms with Crippen LogP contribution < -0.4 is 9.88 Å². The van der Waals surface area contributed by atoms with Gasteiger partial charge in [-0.2, -0.15) is 4.45 Å². The topological polar surface area (TPSA) is 41.1 Å². The van der Waals surface area contributed by atoms with Crippen LogP contribution in [0.3, 0.4) is 0 Å². The van der Waals surface area contributed by atoms with Crippen molar-refractivity contribution in [2.75, 3.05) is 0 Å². The number of carbonyl (C=O) groups is 1. The van der Waals surface area contributed by atoms with Crippen molar-refractivity contribution in [3.8, 4) is 0 Å². The summed E-state index contributed by atoms with van der Waals surface area (Å²) in [6, 6.07) is 0. The Kier molecular flexibility index (Phi) is 3.64. The van der Waals surface area contributed by atoms with Crippen molar-refractivity contribution in [1.82, 2.24) is 9.88 Å². The number of amides is 1. The first-order chi connectivity index (χ1) is 3.31. The highest BCUT2D eigenvalue weighted by molar-refractivity contribution is 9.08. The highest BCUT2D eigenvalue weighted by Gasteiger charge is 1.84. The first-order valence-corrected chi connectivity index (χ1v) is 2.38. The molecule has 0 unspecified atom stereocenters. The van der Waals surface area contributed by atoms with Gasteiger partial charge in [-0.15, -0.1) is 0 Å². The molecule has 0 atom stereocenters. The summed E-state index contributed by atoms with van der Waals surface area (Å²) in [5.74, 6) is -0.267. The van der Waals surface area contributed by atoms with Crippen molar-refractivity contribution in [2.45, 2.75) is 0 Å². The van der Waals surface area contributed by atoms with Gasteiger partial charge < -0.3 is 0 Å². The van der Waals surface area contributed by atoms with E-state index in [-0.39, 0.29) is 5.91 Å². The van der Waals surface area contributed by atoms with Gasteiger partial charge in [0.15, 0.2) is 0 Å². The molecule has 40 valence electrons. The van der Waals surface area contributed by atoms with Crippen molar-refractivity contribution < 1.29 is 4.79 Å². The fourth-order valence-electron chi connectivity index (χ4n) is 0.0976. The number of halogens is 1. The maximum Gasteiger partial charge on any atom is 0.258 e. The van der Waals surface area contributed by atoms with Gasteiger partial charge in [-0.25, -0.2) is 0 Å². The van der Waals surface area contributed by atoms with Crippen LogP contribution in [-0.2, 0) is 4.79 Å². The van der Waals surface area contributed by atoms with Crippen LogP contribution in [0, 0.1) is 0 Å². The zero-order valence-electron chi connectivity index (χ0n) is 3.57. The Bertz CT molecular complexity index is 83.0. The average molecular weight is 165 g/mol. The van der Waals surface area contributed by atoms with E-state index in [4.69, 9.17) is 0 Å². The summed E-state index contributed by atoms with van der Waals surface area (Å²) < 4.78 is 2.26. The molecular formula is C3H5BrN2O. The second kappa shape index (κ2) is 3.83. The fraction of sp³-hybridized carbons (Fsp3) is 0. The van der Waals surface area contributed by atoms with E-state index in [0.717, 1.165) is 6.08 Å². The van der Waals surface area contributed by atoms with Gasteiger partial charge in [0.1, 0.15) is 0 Å². The third-order valence-corrected chi connectivity index (χ3v) is 0.554. The van der Waals surface area contributed by atoms with Gasteiger partial charge in [-0.3, -0.25) is 10.2 Å². The van der Waals surface area contributed by atoms with E-state index >= 15 is 0 Å². The average Bonchev–Trinajstić information content (AvgIpc) is 1.68. The summed E-state index contributed by atoms with van der Waals surface area (Å²) in [4.78, 5) is 10.1. The van der Waals surface area contributed by atoms with Crippen molar-refractivity contribution in [3.05, 3.63) is 12.7 Å². The fourth-order valence-corrected chi connectivity index (χ4v) is 0.293. The predicted octanol–water partition coefficient (Wildman–Crippen LogP) is 0.103. The number of hydrogen-bond donors (Lipinski definition) is 2. The molecule has 0 saturated carbocycles. The van der Waals surface area contributed by atoms with Crippen LogP contribution in [0.15, 0.2) is 12.7 Å². The Balaban J connectivity index is 3.17. The van der Waals surface area contributed by atoms with Gasteiger partial charge >= 0.3 is 0 Å². The van der Waals surface area contributed by atoms with Gasteiger partial charge in [0.2, 0.25) is 0 Å². The standard InChI is InChI=1S/C3H5BrN2O/c1-2-3(7)5-6-4/h2,6H,1H2,(H,5,7).